The summed E-state index contributed by atoms with van der Waals surface area (Å²) in [6.07, 6.45) is 3.44. The number of ether oxygens (including phenoxy) is 1. The summed E-state index contributed by atoms with van der Waals surface area (Å²) in [5, 5.41) is 6.49. The van der Waals surface area contributed by atoms with Crippen molar-refractivity contribution < 1.29 is 17.9 Å². The SMILES string of the molecule is CCC(NC(=O)c1cc(S(=O)(=O)NC)cc2c1OC(C)C2)C1CCCN1. The van der Waals surface area contributed by atoms with Crippen molar-refractivity contribution in [3.05, 3.63) is 23.3 Å². The first kappa shape index (κ1) is 19.1. The van der Waals surface area contributed by atoms with Crippen molar-refractivity contribution in [3.8, 4) is 5.75 Å². The maximum Gasteiger partial charge on any atom is 0.255 e. The Morgan fingerprint density at radius 3 is 2.81 bits per heavy atom. The van der Waals surface area contributed by atoms with Gasteiger partial charge >= 0.3 is 0 Å². The van der Waals surface area contributed by atoms with E-state index in [9.17, 15) is 13.2 Å². The highest BCUT2D eigenvalue weighted by atomic mass is 32.2. The molecule has 1 amide bonds. The molecule has 0 saturated carbocycles. The predicted molar refractivity (Wildman–Crippen MR) is 99.1 cm³/mol. The lowest BCUT2D eigenvalue weighted by molar-refractivity contribution is 0.0922. The van der Waals surface area contributed by atoms with Crippen LogP contribution in [0.25, 0.3) is 0 Å². The van der Waals surface area contributed by atoms with Crippen LogP contribution in [0.1, 0.15) is 49.0 Å². The van der Waals surface area contributed by atoms with Crippen LogP contribution in [0.4, 0.5) is 0 Å². The largest absolute Gasteiger partial charge is 0.489 e. The molecule has 0 bridgehead atoms. The van der Waals surface area contributed by atoms with Gasteiger partial charge in [-0.25, -0.2) is 13.1 Å². The molecule has 3 atom stereocenters. The molecule has 0 radical (unpaired) electrons. The van der Waals surface area contributed by atoms with Crippen molar-refractivity contribution in [3.63, 3.8) is 0 Å². The van der Waals surface area contributed by atoms with Gasteiger partial charge in [-0.1, -0.05) is 6.92 Å². The van der Waals surface area contributed by atoms with Gasteiger partial charge in [-0.15, -0.1) is 0 Å². The molecule has 2 heterocycles. The Balaban J connectivity index is 1.94. The Morgan fingerprint density at radius 2 is 2.19 bits per heavy atom. The van der Waals surface area contributed by atoms with Gasteiger partial charge in [0.15, 0.2) is 0 Å². The van der Waals surface area contributed by atoms with Crippen molar-refractivity contribution in [2.24, 2.45) is 0 Å². The Kier molecular flexibility index (Phi) is 5.55. The van der Waals surface area contributed by atoms with Crippen molar-refractivity contribution in [1.82, 2.24) is 15.4 Å². The molecule has 0 aromatic heterocycles. The van der Waals surface area contributed by atoms with Crippen molar-refractivity contribution in [1.29, 1.82) is 0 Å². The first-order valence-electron chi connectivity index (χ1n) is 9.17. The fourth-order valence-electron chi connectivity index (χ4n) is 3.73. The Hall–Kier alpha value is -1.64. The van der Waals surface area contributed by atoms with Gasteiger partial charge in [0.2, 0.25) is 10.0 Å². The van der Waals surface area contributed by atoms with Crippen LogP contribution in [-0.2, 0) is 16.4 Å². The summed E-state index contributed by atoms with van der Waals surface area (Å²) in [5.74, 6) is 0.211. The molecular weight excluding hydrogens is 354 g/mol. The lowest BCUT2D eigenvalue weighted by Gasteiger charge is -2.24. The molecule has 144 valence electrons. The van der Waals surface area contributed by atoms with E-state index in [1.807, 2.05) is 13.8 Å². The topological polar surface area (TPSA) is 96.5 Å². The summed E-state index contributed by atoms with van der Waals surface area (Å²) < 4.78 is 32.6. The Morgan fingerprint density at radius 1 is 1.42 bits per heavy atom. The number of benzene rings is 1. The van der Waals surface area contributed by atoms with E-state index in [0.717, 1.165) is 31.4 Å². The third-order valence-electron chi connectivity index (χ3n) is 5.13. The molecule has 1 aromatic rings. The van der Waals surface area contributed by atoms with Crippen LogP contribution < -0.4 is 20.1 Å². The zero-order valence-electron chi connectivity index (χ0n) is 15.5. The molecule has 3 unspecified atom stereocenters. The molecule has 3 N–H and O–H groups in total. The number of carbonyl (C=O) groups is 1. The second-order valence-corrected chi connectivity index (χ2v) is 8.88. The molecule has 2 aliphatic heterocycles. The maximum atomic E-state index is 13.0. The zero-order chi connectivity index (χ0) is 18.9. The van der Waals surface area contributed by atoms with Crippen LogP contribution in [0.5, 0.6) is 5.75 Å². The maximum absolute atomic E-state index is 13.0. The molecule has 0 spiro atoms. The summed E-state index contributed by atoms with van der Waals surface area (Å²) in [6.45, 7) is 4.91. The molecule has 1 aromatic carbocycles. The highest BCUT2D eigenvalue weighted by molar-refractivity contribution is 7.89. The minimum absolute atomic E-state index is 0.00374. The van der Waals surface area contributed by atoms with Crippen LogP contribution in [0.3, 0.4) is 0 Å². The first-order chi connectivity index (χ1) is 12.4. The number of nitrogens with one attached hydrogen (secondary N) is 3. The van der Waals surface area contributed by atoms with Gasteiger partial charge in [-0.3, -0.25) is 4.79 Å². The van der Waals surface area contributed by atoms with Crippen molar-refractivity contribution in [2.75, 3.05) is 13.6 Å². The number of hydrogen-bond donors (Lipinski definition) is 3. The van der Waals surface area contributed by atoms with Gasteiger partial charge in [-0.05, 0) is 57.5 Å². The normalized spacial score (nSPS) is 23.3. The Labute approximate surface area is 154 Å². The second-order valence-electron chi connectivity index (χ2n) is 6.99. The van der Waals surface area contributed by atoms with E-state index in [4.69, 9.17) is 4.74 Å². The highest BCUT2D eigenvalue weighted by Gasteiger charge is 2.31. The van der Waals surface area contributed by atoms with Crippen LogP contribution in [0.15, 0.2) is 17.0 Å². The van der Waals surface area contributed by atoms with Crippen LogP contribution in [0.2, 0.25) is 0 Å². The lowest BCUT2D eigenvalue weighted by atomic mass is 10.0. The van der Waals surface area contributed by atoms with Crippen LogP contribution in [-0.4, -0.2) is 46.1 Å². The van der Waals surface area contributed by atoms with Gasteiger partial charge in [0, 0.05) is 18.5 Å². The van der Waals surface area contributed by atoms with E-state index < -0.39 is 10.0 Å². The van der Waals surface area contributed by atoms with E-state index in [1.165, 1.54) is 13.1 Å². The van der Waals surface area contributed by atoms with Crippen LogP contribution in [0, 0.1) is 0 Å². The number of sulfonamides is 1. The minimum Gasteiger partial charge on any atom is -0.489 e. The fraction of sp³-hybridized carbons (Fsp3) is 0.611. The van der Waals surface area contributed by atoms with Crippen molar-refractivity contribution in [2.45, 2.75) is 62.6 Å². The first-order valence-corrected chi connectivity index (χ1v) is 10.7. The number of amides is 1. The molecule has 1 fully saturated rings. The summed E-state index contributed by atoms with van der Waals surface area (Å²) in [7, 11) is -2.28. The second kappa shape index (κ2) is 7.54. The molecule has 26 heavy (non-hydrogen) atoms. The van der Waals surface area contributed by atoms with Gasteiger partial charge < -0.3 is 15.4 Å². The minimum atomic E-state index is -3.64. The van der Waals surface area contributed by atoms with Gasteiger partial charge in [0.25, 0.3) is 5.91 Å². The standard InChI is InChI=1S/C18H27N3O4S/c1-4-15(16-6-5-7-20-16)21-18(22)14-10-13(26(23,24)19-3)9-12-8-11(2)25-17(12)14/h9-11,15-16,19-20H,4-8H2,1-3H3,(H,21,22). The van der Waals surface area contributed by atoms with E-state index >= 15 is 0 Å². The molecule has 1 saturated heterocycles. The van der Waals surface area contributed by atoms with E-state index in [0.29, 0.717) is 12.2 Å². The number of rotatable bonds is 6. The molecule has 2 aliphatic rings. The highest BCUT2D eigenvalue weighted by Crippen LogP contribution is 2.35. The monoisotopic (exact) mass is 381 g/mol. The lowest BCUT2D eigenvalue weighted by Crippen LogP contribution is -2.47. The van der Waals surface area contributed by atoms with E-state index in [1.54, 1.807) is 6.07 Å². The van der Waals surface area contributed by atoms with Crippen molar-refractivity contribution >= 4 is 15.9 Å². The quantitative estimate of drug-likeness (QED) is 0.688. The summed E-state index contributed by atoms with van der Waals surface area (Å²) >= 11 is 0. The molecule has 3 rings (SSSR count). The van der Waals surface area contributed by atoms with Gasteiger partial charge in [0.1, 0.15) is 11.9 Å². The molecule has 8 heteroatoms. The van der Waals surface area contributed by atoms with E-state index in [-0.39, 0.29) is 34.6 Å². The third kappa shape index (κ3) is 3.72. The number of hydrogen-bond acceptors (Lipinski definition) is 5. The summed E-state index contributed by atoms with van der Waals surface area (Å²) in [4.78, 5) is 13.1. The molecule has 7 nitrogen and oxygen atoms in total. The average molecular weight is 381 g/mol. The predicted octanol–water partition coefficient (Wildman–Crippen LogP) is 1.18. The van der Waals surface area contributed by atoms with Gasteiger partial charge in [-0.2, -0.15) is 0 Å². The Bertz CT molecular complexity index is 788. The summed E-state index contributed by atoms with van der Waals surface area (Å²) in [6, 6.07) is 3.26. The van der Waals surface area contributed by atoms with Crippen LogP contribution >= 0.6 is 0 Å². The number of fused-ring (bicyclic) bond motifs is 1. The fourth-order valence-corrected chi connectivity index (χ4v) is 4.54. The third-order valence-corrected chi connectivity index (χ3v) is 6.52. The van der Waals surface area contributed by atoms with E-state index in [2.05, 4.69) is 15.4 Å². The van der Waals surface area contributed by atoms with Gasteiger partial charge in [0.05, 0.1) is 10.5 Å². The smallest absolute Gasteiger partial charge is 0.255 e. The molecular formula is C18H27N3O4S. The molecule has 0 aliphatic carbocycles. The zero-order valence-corrected chi connectivity index (χ0v) is 16.3. The summed E-state index contributed by atoms with van der Waals surface area (Å²) in [5.41, 5.74) is 1.04. The average Bonchev–Trinajstić information content (AvgIpc) is 3.26. The number of carbonyl (C=O) groups excluding carboxylic acids is 1.